The highest BCUT2D eigenvalue weighted by atomic mass is 19.4. The smallest absolute Gasteiger partial charge is 0.346 e. The van der Waals surface area contributed by atoms with E-state index in [0.717, 1.165) is 6.92 Å². The number of carbonyl (C=O) groups is 1. The average molecular weight is 542 g/mol. The molecule has 0 bridgehead atoms. The lowest BCUT2D eigenvalue weighted by molar-refractivity contribution is -0.450. The highest BCUT2D eigenvalue weighted by molar-refractivity contribution is 5.99. The van der Waals surface area contributed by atoms with Gasteiger partial charge in [-0.05, 0) is 6.92 Å². The van der Waals surface area contributed by atoms with Crippen molar-refractivity contribution in [1.29, 1.82) is 0 Å². The van der Waals surface area contributed by atoms with E-state index < -0.39 is 84.8 Å². The van der Waals surface area contributed by atoms with Crippen LogP contribution in [0.25, 0.3) is 0 Å². The van der Waals surface area contributed by atoms with Crippen LogP contribution < -0.4 is 0 Å². The topological polar surface area (TPSA) is 35.5 Å². The van der Waals surface area contributed by atoms with Gasteiger partial charge in [0, 0.05) is 18.6 Å². The zero-order valence-electron chi connectivity index (χ0n) is 16.0. The molecule has 1 saturated heterocycles. The first-order chi connectivity index (χ1) is 14.9. The summed E-state index contributed by atoms with van der Waals surface area (Å²) in [6.45, 7) is -0.277. The Kier molecular flexibility index (Phi) is 7.74. The Hall–Kier alpha value is -1.79. The fraction of sp³-hybridized carbons (Fsp3) is 0.800. The molecule has 0 aromatic carbocycles. The lowest BCUT2D eigenvalue weighted by Gasteiger charge is -2.41. The summed E-state index contributed by atoms with van der Waals surface area (Å²) in [7, 11) is 0. The number of Topliss-reactive ketones (excluding diaryl/α,β-unsaturated/α-hetero) is 1. The molecule has 34 heavy (non-hydrogen) atoms. The predicted molar refractivity (Wildman–Crippen MR) is 74.9 cm³/mol. The number of hydrogen-bond acceptors (Lipinski definition) is 3. The van der Waals surface area contributed by atoms with Crippen molar-refractivity contribution in [2.24, 2.45) is 0 Å². The van der Waals surface area contributed by atoms with Gasteiger partial charge in [-0.15, -0.1) is 0 Å². The number of halogens is 16. The monoisotopic (exact) mass is 542 g/mol. The highest BCUT2D eigenvalue weighted by Crippen LogP contribution is 2.63. The van der Waals surface area contributed by atoms with Crippen molar-refractivity contribution in [2.45, 2.75) is 61.3 Å². The fourth-order valence-electron chi connectivity index (χ4n) is 2.40. The summed E-state index contributed by atoms with van der Waals surface area (Å²) >= 11 is 0. The first-order valence-electron chi connectivity index (χ1n) is 8.38. The van der Waals surface area contributed by atoms with E-state index in [1.54, 1.807) is 0 Å². The van der Waals surface area contributed by atoms with Crippen LogP contribution in [0.15, 0.2) is 11.4 Å². The predicted octanol–water partition coefficient (Wildman–Crippen LogP) is 5.94. The number of rotatable bonds is 8. The van der Waals surface area contributed by atoms with Crippen LogP contribution >= 0.6 is 0 Å². The van der Waals surface area contributed by atoms with Crippen molar-refractivity contribution in [3.63, 3.8) is 0 Å². The third-order valence-corrected chi connectivity index (χ3v) is 4.32. The van der Waals surface area contributed by atoms with Gasteiger partial charge >= 0.3 is 41.7 Å². The molecule has 0 aromatic heterocycles. The van der Waals surface area contributed by atoms with Crippen LogP contribution in [0.4, 0.5) is 70.2 Å². The molecule has 0 saturated carbocycles. The average Bonchev–Trinajstić information content (AvgIpc) is 2.67. The lowest BCUT2D eigenvalue weighted by Crippen LogP contribution is -2.72. The summed E-state index contributed by atoms with van der Waals surface area (Å²) in [5.41, 5.74) is -2.10. The van der Waals surface area contributed by atoms with Crippen LogP contribution in [-0.2, 0) is 14.3 Å². The molecular weight excluding hydrogens is 532 g/mol. The number of hydrogen-bond donors (Lipinski definition) is 0. The minimum Gasteiger partial charge on any atom is -0.346 e. The minimum absolute atomic E-state index is 0.454. The summed E-state index contributed by atoms with van der Waals surface area (Å²) in [6, 6.07) is 0. The maximum Gasteiger partial charge on any atom is 0.460 e. The van der Waals surface area contributed by atoms with Crippen molar-refractivity contribution >= 4 is 5.78 Å². The van der Waals surface area contributed by atoms with Crippen molar-refractivity contribution in [3.8, 4) is 0 Å². The van der Waals surface area contributed by atoms with E-state index in [0.29, 0.717) is 0 Å². The van der Waals surface area contributed by atoms with Crippen LogP contribution in [0.3, 0.4) is 0 Å². The molecule has 3 nitrogen and oxygen atoms in total. The van der Waals surface area contributed by atoms with Crippen molar-refractivity contribution < 1.29 is 84.5 Å². The van der Waals surface area contributed by atoms with Crippen LogP contribution in [0.1, 0.15) is 13.3 Å². The second-order valence-electron chi connectivity index (χ2n) is 6.51. The van der Waals surface area contributed by atoms with Crippen molar-refractivity contribution in [3.05, 3.63) is 11.4 Å². The quantitative estimate of drug-likeness (QED) is 0.282. The second kappa shape index (κ2) is 8.70. The molecule has 1 fully saturated rings. The Balaban J connectivity index is 3.65. The molecule has 0 N–H and O–H groups in total. The van der Waals surface area contributed by atoms with Crippen LogP contribution in [0.2, 0.25) is 0 Å². The lowest BCUT2D eigenvalue weighted by atomic mass is 9.89. The zero-order chi connectivity index (χ0) is 27.3. The summed E-state index contributed by atoms with van der Waals surface area (Å²) in [5.74, 6) is -54.9. The Morgan fingerprint density at radius 3 is 1.62 bits per heavy atom. The Bertz CT molecular complexity index is 811. The Labute approximate surface area is 177 Å². The van der Waals surface area contributed by atoms with E-state index in [1.807, 2.05) is 0 Å². The molecule has 0 aliphatic carbocycles. The van der Waals surface area contributed by atoms with Gasteiger partial charge < -0.3 is 9.47 Å². The molecule has 1 heterocycles. The highest BCUT2D eigenvalue weighted by Gasteiger charge is 2.93. The van der Waals surface area contributed by atoms with E-state index in [2.05, 4.69) is 9.47 Å². The van der Waals surface area contributed by atoms with Gasteiger partial charge in [0.15, 0.2) is 5.83 Å². The zero-order valence-corrected chi connectivity index (χ0v) is 16.0. The molecule has 0 spiro atoms. The van der Waals surface area contributed by atoms with E-state index >= 15 is 0 Å². The van der Waals surface area contributed by atoms with E-state index in [-0.39, 0.29) is 0 Å². The molecule has 19 heteroatoms. The van der Waals surface area contributed by atoms with Crippen molar-refractivity contribution in [1.82, 2.24) is 0 Å². The standard InChI is InChI=1S/C15H10F16O3/c1-2-33-8-6(32)5(3-4-34-8)7(16)9(17,18)10(19,20)11(21,22)12(23,24)13(25,26)14(27,28)15(29,30)31/h8H,2-4H2,1H3/b7-5+. The molecule has 1 unspecified atom stereocenters. The maximum absolute atomic E-state index is 14.1. The first-order valence-corrected chi connectivity index (χ1v) is 8.38. The van der Waals surface area contributed by atoms with E-state index in [1.165, 1.54) is 0 Å². The van der Waals surface area contributed by atoms with Gasteiger partial charge in [-0.1, -0.05) is 0 Å². The molecule has 1 aliphatic heterocycles. The fourth-order valence-corrected chi connectivity index (χ4v) is 2.40. The van der Waals surface area contributed by atoms with E-state index in [9.17, 15) is 75.0 Å². The van der Waals surface area contributed by atoms with Gasteiger partial charge in [0.25, 0.3) is 0 Å². The molecule has 200 valence electrons. The van der Waals surface area contributed by atoms with Crippen LogP contribution in [0.5, 0.6) is 0 Å². The third kappa shape index (κ3) is 4.11. The maximum atomic E-state index is 14.1. The molecule has 0 aromatic rings. The molecule has 0 amide bonds. The molecule has 0 radical (unpaired) electrons. The number of alkyl halides is 15. The van der Waals surface area contributed by atoms with Gasteiger partial charge in [0.05, 0.1) is 6.61 Å². The minimum atomic E-state index is -8.55. The molecular formula is C15H10F16O3. The summed E-state index contributed by atoms with van der Waals surface area (Å²) in [4.78, 5) is 11.8. The number of ketones is 1. The molecule has 1 rings (SSSR count). The van der Waals surface area contributed by atoms with Crippen molar-refractivity contribution in [2.75, 3.05) is 13.2 Å². The number of carbonyl (C=O) groups excluding carboxylic acids is 1. The summed E-state index contributed by atoms with van der Waals surface area (Å²) < 4.78 is 220. The summed E-state index contributed by atoms with van der Waals surface area (Å²) in [5, 5.41) is 0. The van der Waals surface area contributed by atoms with Crippen LogP contribution in [-0.4, -0.2) is 67.0 Å². The normalized spacial score (nSPS) is 21.7. The van der Waals surface area contributed by atoms with Crippen LogP contribution in [0, 0.1) is 0 Å². The Morgan fingerprint density at radius 1 is 0.794 bits per heavy atom. The SMILES string of the molecule is CCOC1OCC/C(=C(\F)C(F)(F)C(F)(F)C(F)(F)C(F)(F)C(F)(F)C(F)(F)C(F)(F)F)C1=O. The first kappa shape index (κ1) is 30.2. The van der Waals surface area contributed by atoms with Gasteiger partial charge in [-0.3, -0.25) is 4.79 Å². The van der Waals surface area contributed by atoms with Gasteiger partial charge in [0.1, 0.15) is 0 Å². The molecule has 1 atom stereocenters. The van der Waals surface area contributed by atoms with E-state index in [4.69, 9.17) is 0 Å². The third-order valence-electron chi connectivity index (χ3n) is 4.32. The largest absolute Gasteiger partial charge is 0.460 e. The molecule has 1 aliphatic rings. The van der Waals surface area contributed by atoms with Gasteiger partial charge in [-0.25, -0.2) is 4.39 Å². The second-order valence-corrected chi connectivity index (χ2v) is 6.51. The van der Waals surface area contributed by atoms with Gasteiger partial charge in [-0.2, -0.15) is 65.9 Å². The van der Waals surface area contributed by atoms with Gasteiger partial charge in [0.2, 0.25) is 12.1 Å². The summed E-state index contributed by atoms with van der Waals surface area (Å²) in [6.07, 6.45) is -11.4. The number of ether oxygens (including phenoxy) is 2. The Morgan fingerprint density at radius 2 is 1.21 bits per heavy atom. The number of allylic oxidation sites excluding steroid dienone is 1.